The molecule has 0 saturated heterocycles. The van der Waals surface area contributed by atoms with Gasteiger partial charge >= 0.3 is 0 Å². The van der Waals surface area contributed by atoms with Crippen molar-refractivity contribution in [2.75, 3.05) is 39.9 Å². The second kappa shape index (κ2) is 23.7. The maximum absolute atomic E-state index is 14.6. The highest BCUT2D eigenvalue weighted by Gasteiger charge is 2.36. The van der Waals surface area contributed by atoms with Gasteiger partial charge in [0.15, 0.2) is 5.82 Å². The van der Waals surface area contributed by atoms with Gasteiger partial charge in [0, 0.05) is 30.2 Å². The summed E-state index contributed by atoms with van der Waals surface area (Å²) >= 11 is 0. The molecule has 4 atom stereocenters. The largest absolute Gasteiger partial charge is 0.507 e. The van der Waals surface area contributed by atoms with Gasteiger partial charge in [-0.3, -0.25) is 24.0 Å². The predicted octanol–water partition coefficient (Wildman–Crippen LogP) is 3.26. The number of fused-ring (bicyclic) bond motifs is 5. The van der Waals surface area contributed by atoms with E-state index in [9.17, 15) is 29.1 Å². The van der Waals surface area contributed by atoms with E-state index in [1.165, 1.54) is 20.0 Å². The fraction of sp³-hybridized carbons (Fsp3) is 0.417. The van der Waals surface area contributed by atoms with Crippen molar-refractivity contribution >= 4 is 29.5 Å². The first-order valence-electron chi connectivity index (χ1n) is 22.1. The van der Waals surface area contributed by atoms with Crippen LogP contribution in [0.2, 0.25) is 0 Å². The first-order valence-corrected chi connectivity index (χ1v) is 22.1. The predicted molar refractivity (Wildman–Crippen MR) is 247 cm³/mol. The molecule has 3 aromatic carbocycles. The van der Waals surface area contributed by atoms with Crippen LogP contribution in [0.5, 0.6) is 17.2 Å². The van der Waals surface area contributed by atoms with E-state index in [1.54, 1.807) is 44.2 Å². The molecule has 1 aliphatic rings. The average molecular weight is 905 g/mol. The molecule has 1 aliphatic heterocycles. The van der Waals surface area contributed by atoms with Crippen LogP contribution in [0.25, 0.3) is 22.5 Å². The lowest BCUT2D eigenvalue weighted by atomic mass is 9.93. The number of unbranched alkanes of at least 4 members (excludes halogenated alkanes) is 2. The van der Waals surface area contributed by atoms with Crippen molar-refractivity contribution < 1.29 is 38.6 Å². The van der Waals surface area contributed by atoms with Crippen molar-refractivity contribution in [3.63, 3.8) is 0 Å². The number of carbonyl (C=O) groups excluding carboxylic acids is 5. The number of nitrogens with zero attached hydrogens (tertiary/aromatic N) is 4. The maximum Gasteiger partial charge on any atom is 0.255 e. The fourth-order valence-corrected chi connectivity index (χ4v) is 7.59. The van der Waals surface area contributed by atoms with E-state index >= 15 is 0 Å². The van der Waals surface area contributed by atoms with E-state index in [0.717, 1.165) is 35.5 Å². The third-order valence-corrected chi connectivity index (χ3v) is 11.1. The van der Waals surface area contributed by atoms with E-state index in [1.807, 2.05) is 30.3 Å². The molecule has 4 unspecified atom stereocenters. The number of nitrogens with one attached hydrogen (secondary N) is 4. The number of benzene rings is 3. The Bertz CT molecular complexity index is 2400. The van der Waals surface area contributed by atoms with E-state index in [2.05, 4.69) is 38.2 Å². The molecule has 1 aromatic heterocycles. The fourth-order valence-electron chi connectivity index (χ4n) is 7.59. The highest BCUT2D eigenvalue weighted by Crippen LogP contribution is 2.39. The number of amides is 5. The molecule has 4 aromatic rings. The van der Waals surface area contributed by atoms with E-state index < -0.39 is 53.7 Å². The highest BCUT2D eigenvalue weighted by atomic mass is 16.5. The summed E-state index contributed by atoms with van der Waals surface area (Å²) in [7, 11) is 1.39. The zero-order valence-electron chi connectivity index (χ0n) is 38.1. The molecule has 0 saturated carbocycles. The Kier molecular flexibility index (Phi) is 17.9. The molecule has 350 valence electrons. The lowest BCUT2D eigenvalue weighted by Gasteiger charge is -2.32. The second-order valence-corrected chi connectivity index (χ2v) is 16.1. The van der Waals surface area contributed by atoms with Crippen LogP contribution in [0.1, 0.15) is 84.9 Å². The van der Waals surface area contributed by atoms with Crippen LogP contribution in [0, 0.1) is 25.2 Å². The van der Waals surface area contributed by atoms with Crippen LogP contribution >= 0.6 is 0 Å². The van der Waals surface area contributed by atoms with Crippen LogP contribution in [0.15, 0.2) is 60.7 Å². The first kappa shape index (κ1) is 49.9. The summed E-state index contributed by atoms with van der Waals surface area (Å²) in [5.74, 6) is -2.13. The SMILES string of the molecule is CCCCCOc1ccc(-c2nc(C)c(C(=O)NC(CCN)C(=O)N(C)C3C(=O)NC(C)C(=O)NC(C(=O)NCC#N)Cc4ccc(O)c(c4)-c4cc3ccc4OCCCN)c(C)n2)cc1. The Morgan fingerprint density at radius 1 is 0.924 bits per heavy atom. The molecule has 5 amide bonds. The Balaban J connectivity index is 1.50. The number of aromatic hydroxyl groups is 1. The third kappa shape index (κ3) is 12.6. The van der Waals surface area contributed by atoms with Gasteiger partial charge in [-0.15, -0.1) is 0 Å². The highest BCUT2D eigenvalue weighted by molar-refractivity contribution is 6.00. The Morgan fingerprint density at radius 2 is 1.64 bits per heavy atom. The molecule has 0 radical (unpaired) electrons. The van der Waals surface area contributed by atoms with Gasteiger partial charge in [0.1, 0.15) is 48.0 Å². The Morgan fingerprint density at radius 3 is 2.30 bits per heavy atom. The van der Waals surface area contributed by atoms with Crippen molar-refractivity contribution in [3.8, 4) is 45.8 Å². The molecule has 0 fully saturated rings. The van der Waals surface area contributed by atoms with E-state index in [-0.39, 0.29) is 55.0 Å². The number of ether oxygens (including phenoxy) is 2. The Hall–Kier alpha value is -7.10. The second-order valence-electron chi connectivity index (χ2n) is 16.1. The first-order chi connectivity index (χ1) is 31.7. The van der Waals surface area contributed by atoms with Crippen molar-refractivity contribution in [2.45, 2.75) is 90.4 Å². The number of nitrogens with two attached hydrogens (primary N) is 2. The summed E-state index contributed by atoms with van der Waals surface area (Å²) in [4.78, 5) is 80.5. The van der Waals surface area contributed by atoms with Crippen LogP contribution < -0.4 is 42.2 Å². The normalized spacial score (nSPS) is 16.4. The van der Waals surface area contributed by atoms with E-state index in [4.69, 9.17) is 26.2 Å². The average Bonchev–Trinajstić information content (AvgIpc) is 3.29. The zero-order valence-corrected chi connectivity index (χ0v) is 38.1. The minimum absolute atomic E-state index is 0.0119. The molecule has 0 aliphatic carbocycles. The number of likely N-dealkylation sites (N-methyl/N-ethyl adjacent to an activating group) is 1. The molecule has 4 bridgehead atoms. The molecule has 18 nitrogen and oxygen atoms in total. The number of hydrogen-bond donors (Lipinski definition) is 7. The number of aromatic nitrogens is 2. The number of aryl methyl sites for hydroxylation is 2. The van der Waals surface area contributed by atoms with Crippen LogP contribution in [0.4, 0.5) is 0 Å². The van der Waals surface area contributed by atoms with Crippen LogP contribution in [-0.2, 0) is 25.6 Å². The molecule has 2 heterocycles. The van der Waals surface area contributed by atoms with Crippen molar-refractivity contribution in [1.29, 1.82) is 5.26 Å². The summed E-state index contributed by atoms with van der Waals surface area (Å²) in [6.45, 7) is 7.79. The van der Waals surface area contributed by atoms with E-state index in [0.29, 0.717) is 53.7 Å². The molecule has 9 N–H and O–H groups in total. The quantitative estimate of drug-likeness (QED) is 0.0559. The maximum atomic E-state index is 14.6. The smallest absolute Gasteiger partial charge is 0.255 e. The van der Waals surface area contributed by atoms with Gasteiger partial charge < -0.3 is 52.2 Å². The number of phenolic OH excluding ortho intramolecular Hbond substituents is 1. The summed E-state index contributed by atoms with van der Waals surface area (Å²) in [5, 5.41) is 31.0. The van der Waals surface area contributed by atoms with Crippen molar-refractivity contribution in [2.24, 2.45) is 11.5 Å². The van der Waals surface area contributed by atoms with Gasteiger partial charge in [0.25, 0.3) is 5.91 Å². The zero-order chi connectivity index (χ0) is 47.9. The molecule has 66 heavy (non-hydrogen) atoms. The molecule has 5 rings (SSSR count). The van der Waals surface area contributed by atoms with Gasteiger partial charge in [-0.1, -0.05) is 31.9 Å². The summed E-state index contributed by atoms with van der Waals surface area (Å²) in [5.41, 5.74) is 14.8. The minimum atomic E-state index is -1.43. The van der Waals surface area contributed by atoms with Gasteiger partial charge in [-0.2, -0.15) is 5.26 Å². The lowest BCUT2D eigenvalue weighted by molar-refractivity contribution is -0.141. The van der Waals surface area contributed by atoms with Crippen LogP contribution in [0.3, 0.4) is 0 Å². The number of carbonyl (C=O) groups is 5. The molecular weight excluding hydrogens is 845 g/mol. The summed E-state index contributed by atoms with van der Waals surface area (Å²) in [6.07, 6.45) is 3.61. The minimum Gasteiger partial charge on any atom is -0.507 e. The van der Waals surface area contributed by atoms with Gasteiger partial charge in [0.2, 0.25) is 23.6 Å². The number of rotatable bonds is 18. The summed E-state index contributed by atoms with van der Waals surface area (Å²) < 4.78 is 12.0. The topological polar surface area (TPSA) is 277 Å². The monoisotopic (exact) mass is 904 g/mol. The van der Waals surface area contributed by atoms with Gasteiger partial charge in [0.05, 0.1) is 36.2 Å². The lowest BCUT2D eigenvalue weighted by Crippen LogP contribution is -2.56. The molecular formula is C48H60N10O8. The number of nitriles is 1. The Labute approximate surface area is 384 Å². The number of phenols is 1. The standard InChI is InChI=1S/C48H60N10O8/c1-6-7-8-23-65-34-14-11-32(12-15-34)43-53-28(2)41(29(3)54-43)46(62)56-37(18-20-50)48(64)58(5)42-33-13-17-40(66-24-9-19-49)36(27-33)35-25-31(10-16-39(35)59)26-38(45(61)52-22-21-51)57-44(60)30(4)55-47(42)63/h10-17,25,27,30,37-38,42,59H,6-9,18-20,22-24,26,49-50H2,1-5H3,(H,52,61)(H,55,63)(H,56,62)(H,57,60). The molecule has 18 heteroatoms. The van der Waals surface area contributed by atoms with Crippen molar-refractivity contribution in [3.05, 3.63) is 88.7 Å². The van der Waals surface area contributed by atoms with Crippen LogP contribution in [-0.4, -0.2) is 108 Å². The summed E-state index contributed by atoms with van der Waals surface area (Å²) in [6, 6.07) is 13.7. The molecule has 0 spiro atoms. The van der Waals surface area contributed by atoms with Gasteiger partial charge in [-0.25, -0.2) is 9.97 Å². The number of hydrogen-bond acceptors (Lipinski definition) is 13. The van der Waals surface area contributed by atoms with Gasteiger partial charge in [-0.05, 0) is 113 Å². The van der Waals surface area contributed by atoms with Crippen molar-refractivity contribution in [1.82, 2.24) is 36.1 Å². The third-order valence-electron chi connectivity index (χ3n) is 11.1.